The van der Waals surface area contributed by atoms with Crippen molar-refractivity contribution >= 4 is 0 Å². The molecule has 0 saturated heterocycles. The maximum atomic E-state index is 12.9. The van der Waals surface area contributed by atoms with Gasteiger partial charge in [0.15, 0.2) is 0 Å². The topological polar surface area (TPSA) is 29.9 Å². The molecule has 0 amide bonds. The average molecular weight is 289 g/mol. The highest BCUT2D eigenvalue weighted by Crippen LogP contribution is 2.07. The molecule has 0 radical (unpaired) electrons. The summed E-state index contributed by atoms with van der Waals surface area (Å²) in [4.78, 5) is 0. The van der Waals surface area contributed by atoms with Gasteiger partial charge in [-0.25, -0.2) is 4.39 Å². The van der Waals surface area contributed by atoms with Gasteiger partial charge in [0.1, 0.15) is 5.82 Å². The first-order valence-corrected chi connectivity index (χ1v) is 7.60. The van der Waals surface area contributed by atoms with Crippen LogP contribution in [-0.4, -0.2) is 22.9 Å². The molecule has 4 heteroatoms. The lowest BCUT2D eigenvalue weighted by Gasteiger charge is -2.06. The van der Waals surface area contributed by atoms with E-state index in [1.165, 1.54) is 17.7 Å². The largest absolute Gasteiger partial charge is 0.316 e. The summed E-state index contributed by atoms with van der Waals surface area (Å²) >= 11 is 0. The number of halogens is 1. The molecule has 2 rings (SSSR count). The van der Waals surface area contributed by atoms with Crippen LogP contribution in [0.2, 0.25) is 0 Å². The van der Waals surface area contributed by atoms with Crippen molar-refractivity contribution in [3.05, 3.63) is 53.6 Å². The Hall–Kier alpha value is -1.68. The van der Waals surface area contributed by atoms with E-state index < -0.39 is 0 Å². The Morgan fingerprint density at radius 2 is 1.95 bits per heavy atom. The van der Waals surface area contributed by atoms with Crippen molar-refractivity contribution in [2.24, 2.45) is 5.92 Å². The Bertz CT molecular complexity index is 531. The Kier molecular flexibility index (Phi) is 5.93. The van der Waals surface area contributed by atoms with Crippen LogP contribution in [0.4, 0.5) is 4.39 Å². The first kappa shape index (κ1) is 15.7. The van der Waals surface area contributed by atoms with E-state index in [0.29, 0.717) is 12.5 Å². The predicted molar refractivity (Wildman–Crippen MR) is 83.8 cm³/mol. The molecule has 0 aliphatic heterocycles. The number of aryl methyl sites for hydroxylation is 1. The second-order valence-electron chi connectivity index (χ2n) is 5.87. The maximum absolute atomic E-state index is 12.9. The van der Waals surface area contributed by atoms with Gasteiger partial charge in [0.25, 0.3) is 0 Å². The van der Waals surface area contributed by atoms with Crippen molar-refractivity contribution < 1.29 is 4.39 Å². The third kappa shape index (κ3) is 5.68. The molecule has 0 spiro atoms. The van der Waals surface area contributed by atoms with Gasteiger partial charge in [0, 0.05) is 6.20 Å². The number of benzene rings is 1. The smallest absolute Gasteiger partial charge is 0.123 e. The molecule has 0 fully saturated rings. The highest BCUT2D eigenvalue weighted by Gasteiger charge is 2.01. The lowest BCUT2D eigenvalue weighted by Crippen LogP contribution is -2.20. The van der Waals surface area contributed by atoms with Gasteiger partial charge in [-0.2, -0.15) is 5.10 Å². The summed E-state index contributed by atoms with van der Waals surface area (Å²) in [5, 5.41) is 7.81. The third-order valence-corrected chi connectivity index (χ3v) is 3.32. The maximum Gasteiger partial charge on any atom is 0.123 e. The minimum absolute atomic E-state index is 0.200. The van der Waals surface area contributed by atoms with Gasteiger partial charge in [-0.05, 0) is 55.1 Å². The summed E-state index contributed by atoms with van der Waals surface area (Å²) in [5.74, 6) is 0.497. The van der Waals surface area contributed by atoms with E-state index in [2.05, 4.69) is 30.5 Å². The first-order chi connectivity index (χ1) is 10.1. The van der Waals surface area contributed by atoms with Crippen molar-refractivity contribution in [1.29, 1.82) is 0 Å². The summed E-state index contributed by atoms with van der Waals surface area (Å²) in [6.45, 7) is 7.23. The van der Waals surface area contributed by atoms with Gasteiger partial charge in [-0.15, -0.1) is 0 Å². The molecule has 1 aromatic carbocycles. The van der Waals surface area contributed by atoms with Crippen molar-refractivity contribution in [3.8, 4) is 0 Å². The molecule has 0 aliphatic carbocycles. The van der Waals surface area contributed by atoms with Gasteiger partial charge < -0.3 is 5.32 Å². The van der Waals surface area contributed by atoms with Crippen LogP contribution >= 0.6 is 0 Å². The summed E-state index contributed by atoms with van der Waals surface area (Å²) in [6, 6.07) is 6.57. The van der Waals surface area contributed by atoms with E-state index in [-0.39, 0.29) is 5.82 Å². The number of hydrogen-bond acceptors (Lipinski definition) is 2. The molecule has 21 heavy (non-hydrogen) atoms. The Morgan fingerprint density at radius 1 is 1.19 bits per heavy atom. The summed E-state index contributed by atoms with van der Waals surface area (Å²) in [7, 11) is 0. The van der Waals surface area contributed by atoms with Crippen LogP contribution in [0, 0.1) is 11.7 Å². The number of nitrogens with zero attached hydrogens (tertiary/aromatic N) is 2. The molecule has 2 aromatic rings. The van der Waals surface area contributed by atoms with E-state index in [4.69, 9.17) is 0 Å². The lowest BCUT2D eigenvalue weighted by molar-refractivity contribution is 0.543. The van der Waals surface area contributed by atoms with Crippen LogP contribution in [0.15, 0.2) is 36.7 Å². The van der Waals surface area contributed by atoms with Crippen LogP contribution in [0.25, 0.3) is 0 Å². The standard InChI is InChI=1S/C17H24FN3/c1-14(2)10-19-9-3-4-16-11-20-21(13-16)12-15-5-7-17(18)8-6-15/h5-8,11,13-14,19H,3-4,9-10,12H2,1-2H3. The zero-order chi connectivity index (χ0) is 15.1. The second-order valence-corrected chi connectivity index (χ2v) is 5.87. The second kappa shape index (κ2) is 7.93. The molecule has 1 N–H and O–H groups in total. The van der Waals surface area contributed by atoms with Gasteiger partial charge >= 0.3 is 0 Å². The highest BCUT2D eigenvalue weighted by atomic mass is 19.1. The quantitative estimate of drug-likeness (QED) is 0.756. The Morgan fingerprint density at radius 3 is 2.67 bits per heavy atom. The zero-order valence-electron chi connectivity index (χ0n) is 12.8. The van der Waals surface area contributed by atoms with Crippen molar-refractivity contribution in [2.45, 2.75) is 33.2 Å². The minimum atomic E-state index is -0.200. The molecule has 3 nitrogen and oxygen atoms in total. The zero-order valence-corrected chi connectivity index (χ0v) is 12.8. The highest BCUT2D eigenvalue weighted by molar-refractivity contribution is 5.16. The number of nitrogens with one attached hydrogen (secondary N) is 1. The fourth-order valence-corrected chi connectivity index (χ4v) is 2.21. The molecule has 114 valence electrons. The van der Waals surface area contributed by atoms with Gasteiger partial charge in [-0.1, -0.05) is 26.0 Å². The Labute approximate surface area is 126 Å². The van der Waals surface area contributed by atoms with E-state index in [1.54, 1.807) is 12.1 Å². The summed E-state index contributed by atoms with van der Waals surface area (Å²) in [5.41, 5.74) is 2.31. The van der Waals surface area contributed by atoms with E-state index >= 15 is 0 Å². The number of aromatic nitrogens is 2. The fourth-order valence-electron chi connectivity index (χ4n) is 2.21. The summed E-state index contributed by atoms with van der Waals surface area (Å²) < 4.78 is 14.8. The molecule has 0 atom stereocenters. The molecule has 0 unspecified atom stereocenters. The number of hydrogen-bond donors (Lipinski definition) is 1. The monoisotopic (exact) mass is 289 g/mol. The molecular formula is C17H24FN3. The summed E-state index contributed by atoms with van der Waals surface area (Å²) in [6.07, 6.45) is 6.15. The van der Waals surface area contributed by atoms with Crippen LogP contribution in [-0.2, 0) is 13.0 Å². The van der Waals surface area contributed by atoms with Gasteiger partial charge in [0.2, 0.25) is 0 Å². The van der Waals surface area contributed by atoms with E-state index in [1.807, 2.05) is 10.9 Å². The van der Waals surface area contributed by atoms with Crippen LogP contribution in [0.5, 0.6) is 0 Å². The van der Waals surface area contributed by atoms with E-state index in [0.717, 1.165) is 31.5 Å². The lowest BCUT2D eigenvalue weighted by atomic mass is 10.2. The Balaban J connectivity index is 1.75. The fraction of sp³-hybridized carbons (Fsp3) is 0.471. The van der Waals surface area contributed by atoms with Crippen LogP contribution in [0.3, 0.4) is 0 Å². The predicted octanol–water partition coefficient (Wildman–Crippen LogP) is 3.25. The third-order valence-electron chi connectivity index (χ3n) is 3.32. The molecular weight excluding hydrogens is 265 g/mol. The van der Waals surface area contributed by atoms with Crippen molar-refractivity contribution in [3.63, 3.8) is 0 Å². The molecule has 0 bridgehead atoms. The first-order valence-electron chi connectivity index (χ1n) is 7.60. The van der Waals surface area contributed by atoms with Crippen LogP contribution in [0.1, 0.15) is 31.4 Å². The molecule has 0 aliphatic rings. The van der Waals surface area contributed by atoms with Gasteiger partial charge in [-0.3, -0.25) is 4.68 Å². The number of rotatable bonds is 8. The minimum Gasteiger partial charge on any atom is -0.316 e. The van der Waals surface area contributed by atoms with Gasteiger partial charge in [0.05, 0.1) is 12.7 Å². The molecule has 1 aromatic heterocycles. The van der Waals surface area contributed by atoms with Crippen molar-refractivity contribution in [1.82, 2.24) is 15.1 Å². The van der Waals surface area contributed by atoms with Crippen LogP contribution < -0.4 is 5.32 Å². The normalized spacial score (nSPS) is 11.2. The molecule has 0 saturated carbocycles. The SMILES string of the molecule is CC(C)CNCCCc1cnn(Cc2ccc(F)cc2)c1. The average Bonchev–Trinajstić information content (AvgIpc) is 2.88. The van der Waals surface area contributed by atoms with E-state index in [9.17, 15) is 4.39 Å². The van der Waals surface area contributed by atoms with Crippen molar-refractivity contribution in [2.75, 3.05) is 13.1 Å². The molecule has 1 heterocycles.